The summed E-state index contributed by atoms with van der Waals surface area (Å²) < 4.78 is 38.4. The Kier molecular flexibility index (Phi) is 9.35. The maximum Gasteiger partial charge on any atom is 0.240 e. The fraction of sp³-hybridized carbons (Fsp3) is 0.650. The maximum absolute atomic E-state index is 12.7. The fourth-order valence-electron chi connectivity index (χ4n) is 3.06. The van der Waals surface area contributed by atoms with Crippen molar-refractivity contribution in [3.05, 3.63) is 24.3 Å². The van der Waals surface area contributed by atoms with Gasteiger partial charge >= 0.3 is 0 Å². The molecule has 2 rings (SSSR count). The van der Waals surface area contributed by atoms with Gasteiger partial charge in [0, 0.05) is 32.1 Å². The SMILES string of the molecule is COc1ccc(S(=O)(=O)NC(CC(=O)NCCCN2CCOCC2)C(C)C)cc1. The number of carbonyl (C=O) groups is 1. The minimum absolute atomic E-state index is 0.0258. The largest absolute Gasteiger partial charge is 0.497 e. The van der Waals surface area contributed by atoms with Crippen molar-refractivity contribution in [1.29, 1.82) is 0 Å². The summed E-state index contributed by atoms with van der Waals surface area (Å²) in [6, 6.07) is 5.69. The number of benzene rings is 1. The first-order valence-electron chi connectivity index (χ1n) is 10.0. The zero-order valence-corrected chi connectivity index (χ0v) is 18.3. The fourth-order valence-corrected chi connectivity index (χ4v) is 4.45. The Morgan fingerprint density at radius 2 is 1.86 bits per heavy atom. The molecule has 164 valence electrons. The molecular weight excluding hydrogens is 394 g/mol. The zero-order valence-electron chi connectivity index (χ0n) is 17.5. The third-order valence-electron chi connectivity index (χ3n) is 4.96. The number of rotatable bonds is 11. The van der Waals surface area contributed by atoms with Crippen LogP contribution in [0.1, 0.15) is 26.7 Å². The molecule has 2 N–H and O–H groups in total. The van der Waals surface area contributed by atoms with Crippen molar-refractivity contribution in [2.75, 3.05) is 46.5 Å². The van der Waals surface area contributed by atoms with Gasteiger partial charge in [-0.15, -0.1) is 0 Å². The Morgan fingerprint density at radius 1 is 1.21 bits per heavy atom. The van der Waals surface area contributed by atoms with Gasteiger partial charge in [-0.25, -0.2) is 13.1 Å². The van der Waals surface area contributed by atoms with E-state index in [1.54, 1.807) is 12.1 Å². The first-order chi connectivity index (χ1) is 13.8. The number of morpholine rings is 1. The molecule has 1 heterocycles. The van der Waals surface area contributed by atoms with Crippen LogP contribution in [0.2, 0.25) is 0 Å². The Balaban J connectivity index is 1.82. The van der Waals surface area contributed by atoms with Gasteiger partial charge in [0.1, 0.15) is 5.75 Å². The lowest BCUT2D eigenvalue weighted by Crippen LogP contribution is -2.42. The number of hydrogen-bond donors (Lipinski definition) is 2. The van der Waals surface area contributed by atoms with Crippen LogP contribution in [-0.4, -0.2) is 71.8 Å². The Bertz CT molecular complexity index is 731. The lowest BCUT2D eigenvalue weighted by atomic mass is 10.0. The average Bonchev–Trinajstić information content (AvgIpc) is 2.71. The number of amides is 1. The van der Waals surface area contributed by atoms with Crippen molar-refractivity contribution in [3.63, 3.8) is 0 Å². The highest BCUT2D eigenvalue weighted by Crippen LogP contribution is 2.17. The molecule has 29 heavy (non-hydrogen) atoms. The third kappa shape index (κ3) is 7.93. The van der Waals surface area contributed by atoms with E-state index in [2.05, 4.69) is 14.9 Å². The van der Waals surface area contributed by atoms with Gasteiger partial charge in [-0.3, -0.25) is 9.69 Å². The van der Waals surface area contributed by atoms with Crippen molar-refractivity contribution >= 4 is 15.9 Å². The van der Waals surface area contributed by atoms with Crippen molar-refractivity contribution in [2.45, 2.75) is 37.6 Å². The molecule has 0 aromatic heterocycles. The van der Waals surface area contributed by atoms with Crippen LogP contribution in [0.5, 0.6) is 5.75 Å². The van der Waals surface area contributed by atoms with Crippen molar-refractivity contribution < 1.29 is 22.7 Å². The van der Waals surface area contributed by atoms with E-state index in [4.69, 9.17) is 9.47 Å². The summed E-state index contributed by atoms with van der Waals surface area (Å²) in [5, 5.41) is 2.90. The number of ether oxygens (including phenoxy) is 2. The van der Waals surface area contributed by atoms with E-state index in [1.165, 1.54) is 19.2 Å². The number of methoxy groups -OCH3 is 1. The van der Waals surface area contributed by atoms with E-state index in [-0.39, 0.29) is 23.1 Å². The van der Waals surface area contributed by atoms with Crippen LogP contribution in [0.25, 0.3) is 0 Å². The van der Waals surface area contributed by atoms with Crippen molar-refractivity contribution in [3.8, 4) is 5.75 Å². The van der Waals surface area contributed by atoms with Gasteiger partial charge in [-0.1, -0.05) is 13.8 Å². The number of carbonyl (C=O) groups excluding carboxylic acids is 1. The minimum atomic E-state index is -3.72. The van der Waals surface area contributed by atoms with Crippen LogP contribution >= 0.6 is 0 Å². The van der Waals surface area contributed by atoms with Crippen LogP contribution in [0.15, 0.2) is 29.2 Å². The van der Waals surface area contributed by atoms with Gasteiger partial charge in [0.25, 0.3) is 0 Å². The average molecular weight is 428 g/mol. The molecule has 1 saturated heterocycles. The summed E-state index contributed by atoms with van der Waals surface area (Å²) in [5.41, 5.74) is 0. The molecule has 0 bridgehead atoms. The monoisotopic (exact) mass is 427 g/mol. The molecule has 1 aliphatic rings. The summed E-state index contributed by atoms with van der Waals surface area (Å²) in [6.07, 6.45) is 0.959. The van der Waals surface area contributed by atoms with E-state index in [0.717, 1.165) is 39.3 Å². The van der Waals surface area contributed by atoms with Crippen LogP contribution in [0, 0.1) is 5.92 Å². The molecule has 0 aliphatic carbocycles. The summed E-state index contributed by atoms with van der Waals surface area (Å²) in [5.74, 6) is 0.408. The highest BCUT2D eigenvalue weighted by Gasteiger charge is 2.24. The predicted molar refractivity (Wildman–Crippen MR) is 111 cm³/mol. The standard InChI is InChI=1S/C20H33N3O5S/c1-16(2)19(22-29(25,26)18-7-5-17(27-3)6-8-18)15-20(24)21-9-4-10-23-11-13-28-14-12-23/h5-8,16,19,22H,4,9-15H2,1-3H3,(H,21,24). The van der Waals surface area contributed by atoms with Crippen LogP contribution in [-0.2, 0) is 19.6 Å². The van der Waals surface area contributed by atoms with Crippen molar-refractivity contribution in [2.24, 2.45) is 5.92 Å². The number of nitrogens with zero attached hydrogens (tertiary/aromatic N) is 1. The minimum Gasteiger partial charge on any atom is -0.497 e. The first-order valence-corrected chi connectivity index (χ1v) is 11.5. The summed E-state index contributed by atoms with van der Waals surface area (Å²) in [7, 11) is -2.19. The van der Waals surface area contributed by atoms with Crippen molar-refractivity contribution in [1.82, 2.24) is 14.9 Å². The van der Waals surface area contributed by atoms with Gasteiger partial charge in [-0.2, -0.15) is 0 Å². The molecule has 1 unspecified atom stereocenters. The molecule has 1 amide bonds. The summed E-state index contributed by atoms with van der Waals surface area (Å²) in [4.78, 5) is 14.8. The van der Waals surface area contributed by atoms with E-state index in [0.29, 0.717) is 12.3 Å². The molecule has 1 fully saturated rings. The quantitative estimate of drug-likeness (QED) is 0.516. The Morgan fingerprint density at radius 3 is 2.45 bits per heavy atom. The second kappa shape index (κ2) is 11.5. The molecule has 1 aliphatic heterocycles. The highest BCUT2D eigenvalue weighted by atomic mass is 32.2. The van der Waals surface area contributed by atoms with E-state index in [1.807, 2.05) is 13.8 Å². The second-order valence-corrected chi connectivity index (χ2v) is 9.22. The smallest absolute Gasteiger partial charge is 0.240 e. The molecule has 1 aromatic carbocycles. The predicted octanol–water partition coefficient (Wildman–Crippen LogP) is 1.23. The van der Waals surface area contributed by atoms with Gasteiger partial charge in [0.05, 0.1) is 25.2 Å². The first kappa shape index (κ1) is 23.6. The lowest BCUT2D eigenvalue weighted by molar-refractivity contribution is -0.121. The lowest BCUT2D eigenvalue weighted by Gasteiger charge is -2.26. The molecule has 9 heteroatoms. The van der Waals surface area contributed by atoms with Gasteiger partial charge in [-0.05, 0) is 43.1 Å². The molecular formula is C20H33N3O5S. The number of nitrogens with one attached hydrogen (secondary N) is 2. The molecule has 1 atom stereocenters. The van der Waals surface area contributed by atoms with Gasteiger partial charge < -0.3 is 14.8 Å². The summed E-state index contributed by atoms with van der Waals surface area (Å²) in [6.45, 7) is 8.66. The summed E-state index contributed by atoms with van der Waals surface area (Å²) >= 11 is 0. The number of hydrogen-bond acceptors (Lipinski definition) is 6. The number of sulfonamides is 1. The maximum atomic E-state index is 12.7. The van der Waals surface area contributed by atoms with Crippen LogP contribution < -0.4 is 14.8 Å². The van der Waals surface area contributed by atoms with Gasteiger partial charge in [0.15, 0.2) is 0 Å². The zero-order chi connectivity index (χ0) is 21.3. The van der Waals surface area contributed by atoms with Crippen LogP contribution in [0.3, 0.4) is 0 Å². The van der Waals surface area contributed by atoms with E-state index < -0.39 is 16.1 Å². The van der Waals surface area contributed by atoms with E-state index in [9.17, 15) is 13.2 Å². The molecule has 0 radical (unpaired) electrons. The Hall–Kier alpha value is -1.68. The molecule has 0 saturated carbocycles. The van der Waals surface area contributed by atoms with Gasteiger partial charge in [0.2, 0.25) is 15.9 Å². The topological polar surface area (TPSA) is 97.0 Å². The van der Waals surface area contributed by atoms with Crippen LogP contribution in [0.4, 0.5) is 0 Å². The Labute approximate surface area is 174 Å². The third-order valence-corrected chi connectivity index (χ3v) is 6.47. The normalized spacial score (nSPS) is 16.6. The molecule has 8 nitrogen and oxygen atoms in total. The molecule has 1 aromatic rings. The highest BCUT2D eigenvalue weighted by molar-refractivity contribution is 7.89. The van der Waals surface area contributed by atoms with E-state index >= 15 is 0 Å². The molecule has 0 spiro atoms. The second-order valence-electron chi connectivity index (χ2n) is 7.51.